The van der Waals surface area contributed by atoms with Crippen LogP contribution in [0.15, 0.2) is 155 Å². The minimum Gasteiger partial charge on any atom is -0.135 e. The van der Waals surface area contributed by atoms with Crippen molar-refractivity contribution >= 4 is 54.0 Å². The summed E-state index contributed by atoms with van der Waals surface area (Å²) in [6, 6.07) is 53.7. The quantitative estimate of drug-likeness (QED) is 0.204. The van der Waals surface area contributed by atoms with Crippen molar-refractivity contribution in [2.24, 2.45) is 0 Å². The van der Waals surface area contributed by atoms with Crippen LogP contribution in [0.5, 0.6) is 0 Å². The van der Waals surface area contributed by atoms with Crippen LogP contribution in [0, 0.1) is 0 Å². The van der Waals surface area contributed by atoms with Crippen LogP contribution in [0.25, 0.3) is 75.5 Å². The van der Waals surface area contributed by atoms with Crippen LogP contribution in [0.1, 0.15) is 0 Å². The standard InChI is InChI=1S/C40H24S2/c1-2-13-28(29-14-3-4-15-30(29)31-18-9-21-38-40(31)33-16-5-6-19-35(33)41-38)27(12-1)26-22-23-36-34(24-26)32-17-7-10-25-11-8-20-37(42-36)39(25)32/h1-24H. The molecule has 1 aliphatic heterocycles. The molecule has 7 aromatic carbocycles. The highest BCUT2D eigenvalue weighted by molar-refractivity contribution is 7.99. The molecule has 0 radical (unpaired) electrons. The molecular weight excluding hydrogens is 545 g/mol. The van der Waals surface area contributed by atoms with Crippen molar-refractivity contribution in [1.29, 1.82) is 0 Å². The van der Waals surface area contributed by atoms with E-state index in [1.54, 1.807) is 0 Å². The predicted molar refractivity (Wildman–Crippen MR) is 183 cm³/mol. The third kappa shape index (κ3) is 3.62. The number of benzene rings is 7. The van der Waals surface area contributed by atoms with Crippen molar-refractivity contribution in [1.82, 2.24) is 0 Å². The van der Waals surface area contributed by atoms with E-state index in [0.29, 0.717) is 0 Å². The van der Waals surface area contributed by atoms with Gasteiger partial charge in [0.15, 0.2) is 0 Å². The van der Waals surface area contributed by atoms with Crippen LogP contribution in [0.4, 0.5) is 0 Å². The van der Waals surface area contributed by atoms with Crippen molar-refractivity contribution < 1.29 is 0 Å². The Labute approximate surface area is 252 Å². The largest absolute Gasteiger partial charge is 0.135 e. The Bertz CT molecular complexity index is 2330. The topological polar surface area (TPSA) is 0 Å². The van der Waals surface area contributed by atoms with Crippen LogP contribution in [0.2, 0.25) is 0 Å². The minimum absolute atomic E-state index is 1.25. The maximum atomic E-state index is 2.40. The Morgan fingerprint density at radius 3 is 1.79 bits per heavy atom. The Morgan fingerprint density at radius 1 is 0.357 bits per heavy atom. The Morgan fingerprint density at radius 2 is 0.952 bits per heavy atom. The second-order valence-electron chi connectivity index (χ2n) is 10.8. The van der Waals surface area contributed by atoms with Gasteiger partial charge in [0.1, 0.15) is 0 Å². The Balaban J connectivity index is 1.25. The first-order valence-corrected chi connectivity index (χ1v) is 15.9. The molecule has 2 heteroatoms. The van der Waals surface area contributed by atoms with E-state index < -0.39 is 0 Å². The fourth-order valence-electron chi connectivity index (χ4n) is 6.65. The molecule has 196 valence electrons. The summed E-state index contributed by atoms with van der Waals surface area (Å²) < 4.78 is 2.67. The summed E-state index contributed by atoms with van der Waals surface area (Å²) in [6.07, 6.45) is 0. The van der Waals surface area contributed by atoms with Gasteiger partial charge in [-0.05, 0) is 80.2 Å². The van der Waals surface area contributed by atoms with E-state index in [-0.39, 0.29) is 0 Å². The summed E-state index contributed by atoms with van der Waals surface area (Å²) in [7, 11) is 0. The lowest BCUT2D eigenvalue weighted by molar-refractivity contribution is 1.39. The molecule has 1 aromatic heterocycles. The molecule has 0 saturated carbocycles. The van der Waals surface area contributed by atoms with Gasteiger partial charge in [0, 0.05) is 35.3 Å². The molecule has 0 spiro atoms. The lowest BCUT2D eigenvalue weighted by Crippen LogP contribution is -1.94. The van der Waals surface area contributed by atoms with Crippen molar-refractivity contribution in [2.45, 2.75) is 9.79 Å². The molecule has 0 aliphatic carbocycles. The van der Waals surface area contributed by atoms with Crippen LogP contribution in [0.3, 0.4) is 0 Å². The maximum Gasteiger partial charge on any atom is 0.0361 e. The van der Waals surface area contributed by atoms with Crippen LogP contribution in [-0.2, 0) is 0 Å². The third-order valence-electron chi connectivity index (χ3n) is 8.50. The lowest BCUT2D eigenvalue weighted by atomic mass is 9.87. The van der Waals surface area contributed by atoms with E-state index in [9.17, 15) is 0 Å². The van der Waals surface area contributed by atoms with Gasteiger partial charge in [0.2, 0.25) is 0 Å². The highest BCUT2D eigenvalue weighted by atomic mass is 32.2. The van der Waals surface area contributed by atoms with Gasteiger partial charge in [-0.25, -0.2) is 0 Å². The smallest absolute Gasteiger partial charge is 0.0361 e. The first-order valence-electron chi connectivity index (χ1n) is 14.3. The van der Waals surface area contributed by atoms with Gasteiger partial charge < -0.3 is 0 Å². The van der Waals surface area contributed by atoms with E-state index in [4.69, 9.17) is 0 Å². The van der Waals surface area contributed by atoms with Crippen LogP contribution in [-0.4, -0.2) is 0 Å². The fraction of sp³-hybridized carbons (Fsp3) is 0. The molecule has 0 atom stereocenters. The highest BCUT2D eigenvalue weighted by Gasteiger charge is 2.21. The van der Waals surface area contributed by atoms with Gasteiger partial charge >= 0.3 is 0 Å². The summed E-state index contributed by atoms with van der Waals surface area (Å²) in [5.41, 5.74) is 10.2. The predicted octanol–water partition coefficient (Wildman–Crippen LogP) is 12.3. The zero-order valence-corrected chi connectivity index (χ0v) is 24.3. The lowest BCUT2D eigenvalue weighted by Gasteiger charge is -2.22. The summed E-state index contributed by atoms with van der Waals surface area (Å²) in [4.78, 5) is 2.66. The van der Waals surface area contributed by atoms with Gasteiger partial charge in [0.05, 0.1) is 0 Å². The van der Waals surface area contributed by atoms with E-state index in [2.05, 4.69) is 146 Å². The Hall–Kier alpha value is -4.63. The normalized spacial score (nSPS) is 12.2. The number of hydrogen-bond donors (Lipinski definition) is 0. The molecule has 0 bridgehead atoms. The van der Waals surface area contributed by atoms with Gasteiger partial charge in [-0.1, -0.05) is 127 Å². The summed E-state index contributed by atoms with van der Waals surface area (Å²) in [5, 5.41) is 5.35. The molecule has 9 rings (SSSR count). The average Bonchev–Trinajstić information content (AvgIpc) is 3.44. The first kappa shape index (κ1) is 24.0. The molecule has 8 aromatic rings. The maximum absolute atomic E-state index is 2.40. The zero-order chi connectivity index (χ0) is 27.6. The van der Waals surface area contributed by atoms with E-state index in [1.165, 1.54) is 85.2 Å². The summed E-state index contributed by atoms with van der Waals surface area (Å²) in [5.74, 6) is 0. The third-order valence-corrected chi connectivity index (χ3v) is 10.8. The fourth-order valence-corrected chi connectivity index (χ4v) is 8.91. The second kappa shape index (κ2) is 9.46. The van der Waals surface area contributed by atoms with Crippen molar-refractivity contribution in [3.05, 3.63) is 146 Å². The summed E-state index contributed by atoms with van der Waals surface area (Å²) >= 11 is 3.76. The molecular formula is C40H24S2. The molecule has 0 N–H and O–H groups in total. The molecule has 0 unspecified atom stereocenters. The Kier molecular flexibility index (Phi) is 5.41. The van der Waals surface area contributed by atoms with E-state index in [1.807, 2.05) is 23.1 Å². The van der Waals surface area contributed by atoms with Crippen molar-refractivity contribution in [3.63, 3.8) is 0 Å². The molecule has 0 nitrogen and oxygen atoms in total. The number of rotatable bonds is 3. The number of fused-ring (bicyclic) bond motifs is 5. The second-order valence-corrected chi connectivity index (χ2v) is 13.0. The molecule has 0 fully saturated rings. The van der Waals surface area contributed by atoms with Gasteiger partial charge in [-0.2, -0.15) is 0 Å². The first-order chi connectivity index (χ1) is 20.8. The molecule has 0 saturated heterocycles. The average molecular weight is 569 g/mol. The van der Waals surface area contributed by atoms with E-state index in [0.717, 1.165) is 0 Å². The van der Waals surface area contributed by atoms with Gasteiger partial charge in [-0.15, -0.1) is 11.3 Å². The van der Waals surface area contributed by atoms with Crippen LogP contribution < -0.4 is 0 Å². The molecule has 42 heavy (non-hydrogen) atoms. The number of hydrogen-bond acceptors (Lipinski definition) is 2. The van der Waals surface area contributed by atoms with Crippen molar-refractivity contribution in [2.75, 3.05) is 0 Å². The van der Waals surface area contributed by atoms with Crippen LogP contribution >= 0.6 is 23.1 Å². The van der Waals surface area contributed by atoms with E-state index >= 15 is 0 Å². The zero-order valence-electron chi connectivity index (χ0n) is 22.7. The molecule has 1 aliphatic rings. The summed E-state index contributed by atoms with van der Waals surface area (Å²) in [6.45, 7) is 0. The van der Waals surface area contributed by atoms with Gasteiger partial charge in [0.25, 0.3) is 0 Å². The highest BCUT2D eigenvalue weighted by Crippen LogP contribution is 2.50. The SMILES string of the molecule is c1ccc(-c2ccccc2-c2cccc3sc4ccccc4c23)c(-c2ccc3c(c2)-c2cccc4cccc(c24)S3)c1. The van der Waals surface area contributed by atoms with Crippen molar-refractivity contribution in [3.8, 4) is 44.5 Å². The molecule has 0 amide bonds. The monoisotopic (exact) mass is 568 g/mol. The molecule has 2 heterocycles. The van der Waals surface area contributed by atoms with Gasteiger partial charge in [-0.3, -0.25) is 0 Å². The minimum atomic E-state index is 1.25. The number of thiophene rings is 1.